The Morgan fingerprint density at radius 3 is 2.84 bits per heavy atom. The van der Waals surface area contributed by atoms with Crippen LogP contribution in [0.4, 0.5) is 11.4 Å². The number of amides is 1. The molecule has 1 aromatic heterocycles. The molecule has 2 aromatic rings. The maximum Gasteiger partial charge on any atom is 0.217 e. The molecule has 2 aliphatic rings. The number of rotatable bonds is 6. The lowest BCUT2D eigenvalue weighted by atomic mass is 9.93. The van der Waals surface area contributed by atoms with Crippen LogP contribution in [0, 0.1) is 0 Å². The molecule has 2 heterocycles. The van der Waals surface area contributed by atoms with Gasteiger partial charge in [-0.25, -0.2) is 0 Å². The summed E-state index contributed by atoms with van der Waals surface area (Å²) in [6.07, 6.45) is 12.0. The lowest BCUT2D eigenvalue weighted by molar-refractivity contribution is -0.120. The highest BCUT2D eigenvalue weighted by atomic mass is 35.5. The first-order valence-corrected chi connectivity index (χ1v) is 12.5. The summed E-state index contributed by atoms with van der Waals surface area (Å²) in [6.45, 7) is 2.33. The summed E-state index contributed by atoms with van der Waals surface area (Å²) < 4.78 is 6.53. The van der Waals surface area contributed by atoms with Crippen molar-refractivity contribution in [1.29, 1.82) is 0 Å². The van der Waals surface area contributed by atoms with Crippen LogP contribution < -0.4 is 15.0 Å². The molecule has 0 saturated heterocycles. The minimum absolute atomic E-state index is 0.0326. The molecule has 31 heavy (non-hydrogen) atoms. The zero-order valence-corrected chi connectivity index (χ0v) is 19.5. The van der Waals surface area contributed by atoms with Gasteiger partial charge in [0.15, 0.2) is 5.75 Å². The van der Waals surface area contributed by atoms with Gasteiger partial charge in [-0.1, -0.05) is 29.8 Å². The van der Waals surface area contributed by atoms with Crippen molar-refractivity contribution in [3.8, 4) is 5.75 Å². The number of aromatic nitrogens is 1. The summed E-state index contributed by atoms with van der Waals surface area (Å²) >= 11 is 8.42. The highest BCUT2D eigenvalue weighted by Crippen LogP contribution is 2.45. The average Bonchev–Trinajstić information content (AvgIpc) is 2.76. The standard InChI is InChI=1S/C24H28ClN3O2S/c1-16(29)27-18-6-8-21(9-7-18)30-24-22(25)10-5-17-4-3-13-28(23(17)24)20-11-12-26-19(14-20)15-31-2/h3-5,10-12,14,18,21H,6-9,13,15H2,1-2H3,(H,27,29). The summed E-state index contributed by atoms with van der Waals surface area (Å²) in [5.74, 6) is 1.65. The molecule has 0 bridgehead atoms. The first kappa shape index (κ1) is 22.0. The first-order valence-electron chi connectivity index (χ1n) is 10.7. The minimum atomic E-state index is 0.0326. The summed E-state index contributed by atoms with van der Waals surface area (Å²) in [6, 6.07) is 8.38. The Morgan fingerprint density at radius 2 is 2.10 bits per heavy atom. The molecule has 1 fully saturated rings. The number of nitrogens with one attached hydrogen (secondary N) is 1. The van der Waals surface area contributed by atoms with Gasteiger partial charge in [0.2, 0.25) is 5.91 Å². The van der Waals surface area contributed by atoms with Crippen LogP contribution in [0.25, 0.3) is 6.08 Å². The molecule has 5 nitrogen and oxygen atoms in total. The number of pyridine rings is 1. The van der Waals surface area contributed by atoms with E-state index in [1.165, 1.54) is 0 Å². The van der Waals surface area contributed by atoms with E-state index < -0.39 is 0 Å². The molecule has 0 radical (unpaired) electrons. The third kappa shape index (κ3) is 5.18. The van der Waals surface area contributed by atoms with Crippen LogP contribution in [-0.2, 0) is 10.5 Å². The monoisotopic (exact) mass is 457 g/mol. The van der Waals surface area contributed by atoms with E-state index in [0.717, 1.165) is 66.4 Å². The molecule has 1 amide bonds. The number of ether oxygens (including phenoxy) is 1. The molecule has 1 aromatic carbocycles. The average molecular weight is 458 g/mol. The Morgan fingerprint density at radius 1 is 1.29 bits per heavy atom. The van der Waals surface area contributed by atoms with Gasteiger partial charge in [0.25, 0.3) is 0 Å². The zero-order chi connectivity index (χ0) is 21.8. The largest absolute Gasteiger partial charge is 0.487 e. The summed E-state index contributed by atoms with van der Waals surface area (Å²) in [4.78, 5) is 18.1. The van der Waals surface area contributed by atoms with Crippen molar-refractivity contribution in [2.24, 2.45) is 0 Å². The van der Waals surface area contributed by atoms with E-state index in [9.17, 15) is 4.79 Å². The van der Waals surface area contributed by atoms with Crippen molar-refractivity contribution >= 4 is 46.7 Å². The highest BCUT2D eigenvalue weighted by Gasteiger charge is 2.27. The van der Waals surface area contributed by atoms with Crippen molar-refractivity contribution in [3.05, 3.63) is 52.8 Å². The van der Waals surface area contributed by atoms with Crippen molar-refractivity contribution in [3.63, 3.8) is 0 Å². The molecule has 0 spiro atoms. The summed E-state index contributed by atoms with van der Waals surface area (Å²) in [7, 11) is 0. The Labute approximate surface area is 193 Å². The normalized spacial score (nSPS) is 20.3. The van der Waals surface area contributed by atoms with E-state index in [2.05, 4.69) is 39.7 Å². The molecule has 1 N–H and O–H groups in total. The van der Waals surface area contributed by atoms with Crippen LogP contribution in [0.15, 0.2) is 36.5 Å². The van der Waals surface area contributed by atoms with Crippen molar-refractivity contribution in [2.75, 3.05) is 17.7 Å². The van der Waals surface area contributed by atoms with E-state index >= 15 is 0 Å². The quantitative estimate of drug-likeness (QED) is 0.612. The fraction of sp³-hybridized carbons (Fsp3) is 0.417. The van der Waals surface area contributed by atoms with Gasteiger partial charge in [0.05, 0.1) is 22.5 Å². The van der Waals surface area contributed by atoms with Gasteiger partial charge in [-0.15, -0.1) is 0 Å². The SMILES string of the molecule is CSCc1cc(N2CC=Cc3ccc(Cl)c(OC4CCC(NC(C)=O)CC4)c32)ccn1. The number of fused-ring (bicyclic) bond motifs is 1. The van der Waals surface area contributed by atoms with Crippen LogP contribution in [0.5, 0.6) is 5.75 Å². The Bertz CT molecular complexity index is 973. The molecule has 1 aliphatic carbocycles. The van der Waals surface area contributed by atoms with Gasteiger partial charge in [0.1, 0.15) is 0 Å². The maximum atomic E-state index is 11.3. The molecule has 164 valence electrons. The third-order valence-electron chi connectivity index (χ3n) is 5.74. The third-order valence-corrected chi connectivity index (χ3v) is 6.62. The molecular formula is C24H28ClN3O2S. The number of carbonyl (C=O) groups is 1. The summed E-state index contributed by atoms with van der Waals surface area (Å²) in [5.41, 5.74) is 4.26. The van der Waals surface area contributed by atoms with Crippen LogP contribution in [0.1, 0.15) is 43.9 Å². The van der Waals surface area contributed by atoms with E-state index in [-0.39, 0.29) is 18.1 Å². The lowest BCUT2D eigenvalue weighted by Crippen LogP contribution is -2.38. The molecule has 0 atom stereocenters. The second-order valence-electron chi connectivity index (χ2n) is 8.06. The van der Waals surface area contributed by atoms with Crippen molar-refractivity contribution < 1.29 is 9.53 Å². The topological polar surface area (TPSA) is 54.5 Å². The number of hydrogen-bond acceptors (Lipinski definition) is 5. The number of carbonyl (C=O) groups excluding carboxylic acids is 1. The van der Waals surface area contributed by atoms with Gasteiger partial charge in [-0.3, -0.25) is 9.78 Å². The van der Waals surface area contributed by atoms with Crippen molar-refractivity contribution in [2.45, 2.75) is 50.5 Å². The molecule has 7 heteroatoms. The van der Waals surface area contributed by atoms with Crippen molar-refractivity contribution in [1.82, 2.24) is 10.3 Å². The predicted octanol–water partition coefficient (Wildman–Crippen LogP) is 5.59. The number of nitrogens with zero attached hydrogens (tertiary/aromatic N) is 2. The Hall–Kier alpha value is -2.18. The number of benzene rings is 1. The zero-order valence-electron chi connectivity index (χ0n) is 17.9. The lowest BCUT2D eigenvalue weighted by Gasteiger charge is -2.34. The number of hydrogen-bond donors (Lipinski definition) is 1. The molecule has 4 rings (SSSR count). The number of halogens is 1. The second-order valence-corrected chi connectivity index (χ2v) is 9.33. The van der Waals surface area contributed by atoms with E-state index in [4.69, 9.17) is 16.3 Å². The second kappa shape index (κ2) is 9.96. The van der Waals surface area contributed by atoms with Gasteiger partial charge >= 0.3 is 0 Å². The smallest absolute Gasteiger partial charge is 0.217 e. The van der Waals surface area contributed by atoms with Gasteiger partial charge in [-0.05, 0) is 50.1 Å². The van der Waals surface area contributed by atoms with Crippen LogP contribution in [0.2, 0.25) is 5.02 Å². The van der Waals surface area contributed by atoms with E-state index in [1.807, 2.05) is 24.4 Å². The highest BCUT2D eigenvalue weighted by molar-refractivity contribution is 7.97. The van der Waals surface area contributed by atoms with E-state index in [1.54, 1.807) is 18.7 Å². The van der Waals surface area contributed by atoms with Crippen LogP contribution in [-0.4, -0.2) is 35.8 Å². The minimum Gasteiger partial charge on any atom is -0.487 e. The molecule has 1 saturated carbocycles. The fourth-order valence-corrected chi connectivity index (χ4v) is 4.99. The molecular weight excluding hydrogens is 430 g/mol. The Balaban J connectivity index is 1.60. The van der Waals surface area contributed by atoms with Crippen LogP contribution in [0.3, 0.4) is 0 Å². The molecule has 1 aliphatic heterocycles. The summed E-state index contributed by atoms with van der Waals surface area (Å²) in [5, 5.41) is 3.65. The van der Waals surface area contributed by atoms with Gasteiger partial charge in [0, 0.05) is 42.7 Å². The first-order chi connectivity index (χ1) is 15.0. The maximum absolute atomic E-state index is 11.3. The van der Waals surface area contributed by atoms with Crippen LogP contribution >= 0.6 is 23.4 Å². The number of anilines is 2. The predicted molar refractivity (Wildman–Crippen MR) is 129 cm³/mol. The van der Waals surface area contributed by atoms with Gasteiger partial charge < -0.3 is 15.0 Å². The fourth-order valence-electron chi connectivity index (χ4n) is 4.34. The van der Waals surface area contributed by atoms with E-state index in [0.29, 0.717) is 5.02 Å². The number of thioether (sulfide) groups is 1. The Kier molecular flexibility index (Phi) is 7.08. The molecule has 0 unspecified atom stereocenters. The van der Waals surface area contributed by atoms with Gasteiger partial charge in [-0.2, -0.15) is 11.8 Å².